The number of hydrogen-bond donors (Lipinski definition) is 1. The van der Waals surface area contributed by atoms with E-state index in [1.165, 1.54) is 0 Å². The van der Waals surface area contributed by atoms with Crippen molar-refractivity contribution < 1.29 is 4.79 Å². The molecule has 94 valence electrons. The summed E-state index contributed by atoms with van der Waals surface area (Å²) in [5.41, 5.74) is 0.332. The SMILES string of the molecule is CN(C)C(C)(C)CNC(=O)c1ncccc1Br. The minimum absolute atomic E-state index is 0.0864. The summed E-state index contributed by atoms with van der Waals surface area (Å²) in [4.78, 5) is 18.0. The van der Waals surface area contributed by atoms with Gasteiger partial charge in [-0.1, -0.05) is 0 Å². The zero-order valence-corrected chi connectivity index (χ0v) is 12.2. The maximum Gasteiger partial charge on any atom is 0.271 e. The first-order valence-electron chi connectivity index (χ1n) is 5.41. The molecule has 0 unspecified atom stereocenters. The Morgan fingerprint density at radius 1 is 1.53 bits per heavy atom. The molecule has 1 heterocycles. The Morgan fingerprint density at radius 2 is 2.18 bits per heavy atom. The molecule has 17 heavy (non-hydrogen) atoms. The van der Waals surface area contributed by atoms with Gasteiger partial charge in [-0.15, -0.1) is 0 Å². The first-order chi connectivity index (χ1) is 7.84. The van der Waals surface area contributed by atoms with E-state index >= 15 is 0 Å². The molecule has 0 atom stereocenters. The number of pyridine rings is 1. The Labute approximate surface area is 111 Å². The highest BCUT2D eigenvalue weighted by Gasteiger charge is 2.22. The zero-order valence-electron chi connectivity index (χ0n) is 10.6. The molecule has 0 saturated carbocycles. The summed E-state index contributed by atoms with van der Waals surface area (Å²) in [6.45, 7) is 4.71. The Bertz CT molecular complexity index is 404. The fourth-order valence-corrected chi connectivity index (χ4v) is 1.53. The molecule has 0 aliphatic heterocycles. The lowest BCUT2D eigenvalue weighted by Gasteiger charge is -2.32. The van der Waals surface area contributed by atoms with Crippen LogP contribution >= 0.6 is 15.9 Å². The number of nitrogens with one attached hydrogen (secondary N) is 1. The fourth-order valence-electron chi connectivity index (χ4n) is 1.09. The second-order valence-corrected chi connectivity index (χ2v) is 5.58. The number of likely N-dealkylation sites (N-methyl/N-ethyl adjacent to an activating group) is 1. The molecule has 0 spiro atoms. The molecule has 4 nitrogen and oxygen atoms in total. The summed E-state index contributed by atoms with van der Waals surface area (Å²) in [7, 11) is 3.98. The smallest absolute Gasteiger partial charge is 0.271 e. The van der Waals surface area contributed by atoms with Crippen molar-refractivity contribution in [2.24, 2.45) is 0 Å². The number of rotatable bonds is 4. The van der Waals surface area contributed by atoms with E-state index in [2.05, 4.69) is 45.0 Å². The zero-order chi connectivity index (χ0) is 13.1. The van der Waals surface area contributed by atoms with Crippen molar-refractivity contribution in [2.75, 3.05) is 20.6 Å². The summed E-state index contributed by atoms with van der Waals surface area (Å²) in [6.07, 6.45) is 1.61. The lowest BCUT2D eigenvalue weighted by Crippen LogP contribution is -2.48. The Kier molecular flexibility index (Phi) is 4.65. The first-order valence-corrected chi connectivity index (χ1v) is 6.20. The number of hydrogen-bond acceptors (Lipinski definition) is 3. The van der Waals surface area contributed by atoms with Crippen LogP contribution in [0.25, 0.3) is 0 Å². The van der Waals surface area contributed by atoms with Gasteiger partial charge in [0, 0.05) is 22.8 Å². The van der Waals surface area contributed by atoms with Crippen LogP contribution in [-0.2, 0) is 0 Å². The van der Waals surface area contributed by atoms with Crippen LogP contribution in [0.1, 0.15) is 24.3 Å². The van der Waals surface area contributed by atoms with Crippen molar-refractivity contribution in [3.05, 3.63) is 28.5 Å². The molecule has 0 saturated heterocycles. The third-order valence-electron chi connectivity index (χ3n) is 2.87. The number of nitrogens with zero attached hydrogens (tertiary/aromatic N) is 2. The van der Waals surface area contributed by atoms with E-state index in [1.807, 2.05) is 14.1 Å². The highest BCUT2D eigenvalue weighted by Crippen LogP contribution is 2.13. The highest BCUT2D eigenvalue weighted by atomic mass is 79.9. The minimum Gasteiger partial charge on any atom is -0.349 e. The third-order valence-corrected chi connectivity index (χ3v) is 3.51. The van der Waals surface area contributed by atoms with Crippen LogP contribution in [0.5, 0.6) is 0 Å². The molecule has 0 bridgehead atoms. The second kappa shape index (κ2) is 5.60. The lowest BCUT2D eigenvalue weighted by atomic mass is 10.0. The fraction of sp³-hybridized carbons (Fsp3) is 0.500. The molecule has 1 rings (SSSR count). The molecule has 0 aromatic carbocycles. The monoisotopic (exact) mass is 299 g/mol. The molecule has 0 aliphatic rings. The van der Waals surface area contributed by atoms with Gasteiger partial charge < -0.3 is 10.2 Å². The molecule has 1 N–H and O–H groups in total. The maximum absolute atomic E-state index is 11.9. The average molecular weight is 300 g/mol. The standard InChI is InChI=1S/C12H18BrN3O/c1-12(2,16(3)4)8-15-11(17)10-9(13)6-5-7-14-10/h5-7H,8H2,1-4H3,(H,15,17). The number of carbonyl (C=O) groups excluding carboxylic acids is 1. The number of aromatic nitrogens is 1. The molecule has 1 amide bonds. The van der Waals surface area contributed by atoms with E-state index in [-0.39, 0.29) is 11.4 Å². The van der Waals surface area contributed by atoms with Gasteiger partial charge in [-0.05, 0) is 56.0 Å². The maximum atomic E-state index is 11.9. The molecule has 0 fully saturated rings. The molecule has 0 aliphatic carbocycles. The van der Waals surface area contributed by atoms with Crippen LogP contribution in [0.15, 0.2) is 22.8 Å². The minimum atomic E-state index is -0.160. The quantitative estimate of drug-likeness (QED) is 0.924. The number of amides is 1. The van der Waals surface area contributed by atoms with Gasteiger partial charge in [-0.3, -0.25) is 4.79 Å². The first kappa shape index (κ1) is 14.1. The molecule has 5 heteroatoms. The van der Waals surface area contributed by atoms with Crippen LogP contribution < -0.4 is 5.32 Å². The van der Waals surface area contributed by atoms with Crippen molar-refractivity contribution >= 4 is 21.8 Å². The van der Waals surface area contributed by atoms with Crippen molar-refractivity contribution in [1.29, 1.82) is 0 Å². The van der Waals surface area contributed by atoms with Crippen LogP contribution in [-0.4, -0.2) is 42.0 Å². The van der Waals surface area contributed by atoms with E-state index in [9.17, 15) is 4.79 Å². The van der Waals surface area contributed by atoms with Crippen LogP contribution in [0.4, 0.5) is 0 Å². The second-order valence-electron chi connectivity index (χ2n) is 4.72. The summed E-state index contributed by atoms with van der Waals surface area (Å²) < 4.78 is 0.708. The normalized spacial score (nSPS) is 11.6. The average Bonchev–Trinajstić information content (AvgIpc) is 2.26. The molecule has 1 aromatic heterocycles. The summed E-state index contributed by atoms with van der Waals surface area (Å²) in [5.74, 6) is -0.160. The molecular formula is C12H18BrN3O. The van der Waals surface area contributed by atoms with Gasteiger partial charge in [-0.2, -0.15) is 0 Å². The van der Waals surface area contributed by atoms with Gasteiger partial charge in [0.1, 0.15) is 5.69 Å². The van der Waals surface area contributed by atoms with E-state index in [0.717, 1.165) is 0 Å². The third kappa shape index (κ3) is 3.78. The van der Waals surface area contributed by atoms with Gasteiger partial charge in [0.25, 0.3) is 5.91 Å². The topological polar surface area (TPSA) is 45.2 Å². The largest absolute Gasteiger partial charge is 0.349 e. The Hall–Kier alpha value is -0.940. The van der Waals surface area contributed by atoms with Crippen molar-refractivity contribution in [2.45, 2.75) is 19.4 Å². The van der Waals surface area contributed by atoms with Gasteiger partial charge in [0.2, 0.25) is 0 Å². The Morgan fingerprint density at radius 3 is 2.71 bits per heavy atom. The van der Waals surface area contributed by atoms with Crippen LogP contribution in [0, 0.1) is 0 Å². The Balaban J connectivity index is 2.66. The highest BCUT2D eigenvalue weighted by molar-refractivity contribution is 9.10. The predicted molar refractivity (Wildman–Crippen MR) is 72.0 cm³/mol. The lowest BCUT2D eigenvalue weighted by molar-refractivity contribution is 0.0914. The summed E-state index contributed by atoms with van der Waals surface area (Å²) >= 11 is 3.31. The molecular weight excluding hydrogens is 282 g/mol. The van der Waals surface area contributed by atoms with E-state index < -0.39 is 0 Å². The predicted octanol–water partition coefficient (Wildman–Crippen LogP) is 1.91. The molecule has 0 radical (unpaired) electrons. The van der Waals surface area contributed by atoms with Gasteiger partial charge in [0.15, 0.2) is 0 Å². The van der Waals surface area contributed by atoms with Crippen LogP contribution in [0.3, 0.4) is 0 Å². The number of halogens is 1. The summed E-state index contributed by atoms with van der Waals surface area (Å²) in [5, 5.41) is 2.89. The summed E-state index contributed by atoms with van der Waals surface area (Å²) in [6, 6.07) is 3.59. The van der Waals surface area contributed by atoms with Gasteiger partial charge >= 0.3 is 0 Å². The van der Waals surface area contributed by atoms with Crippen molar-refractivity contribution in [1.82, 2.24) is 15.2 Å². The molecule has 1 aromatic rings. The van der Waals surface area contributed by atoms with Crippen LogP contribution in [0.2, 0.25) is 0 Å². The van der Waals surface area contributed by atoms with Gasteiger partial charge in [-0.25, -0.2) is 4.98 Å². The number of carbonyl (C=O) groups is 1. The van der Waals surface area contributed by atoms with E-state index in [1.54, 1.807) is 18.3 Å². The van der Waals surface area contributed by atoms with Crippen molar-refractivity contribution in [3.63, 3.8) is 0 Å². The van der Waals surface area contributed by atoms with E-state index in [4.69, 9.17) is 0 Å². The van der Waals surface area contributed by atoms with Gasteiger partial charge in [0.05, 0.1) is 0 Å². The van der Waals surface area contributed by atoms with Crippen molar-refractivity contribution in [3.8, 4) is 0 Å². The van der Waals surface area contributed by atoms with E-state index in [0.29, 0.717) is 16.7 Å².